The topological polar surface area (TPSA) is 55.1 Å². The number of aryl methyl sites for hydroxylation is 1. The van der Waals surface area contributed by atoms with Crippen LogP contribution in [-0.4, -0.2) is 10.9 Å². The average molecular weight is 326 g/mol. The molecule has 2 heterocycles. The van der Waals surface area contributed by atoms with E-state index in [0.717, 1.165) is 17.7 Å². The van der Waals surface area contributed by atoms with Crippen LogP contribution in [0.5, 0.6) is 0 Å². The molecule has 0 aliphatic rings. The Morgan fingerprint density at radius 1 is 1.17 bits per heavy atom. The van der Waals surface area contributed by atoms with E-state index in [2.05, 4.69) is 10.3 Å². The summed E-state index contributed by atoms with van der Waals surface area (Å²) >= 11 is 1.65. The van der Waals surface area contributed by atoms with Crippen LogP contribution in [0.15, 0.2) is 58.5 Å². The zero-order valence-corrected chi connectivity index (χ0v) is 13.5. The molecule has 3 rings (SSSR count). The summed E-state index contributed by atoms with van der Waals surface area (Å²) in [6, 6.07) is 13.9. The highest BCUT2D eigenvalue weighted by atomic mass is 32.1. The van der Waals surface area contributed by atoms with E-state index >= 15 is 0 Å². The Balaban J connectivity index is 1.42. The molecular formula is C18H18N2O2S. The number of carbonyl (C=O) groups is 1. The number of nitrogens with one attached hydrogen (secondary N) is 1. The molecule has 1 N–H and O–H groups in total. The van der Waals surface area contributed by atoms with Crippen molar-refractivity contribution >= 4 is 17.2 Å². The number of rotatable bonds is 7. The van der Waals surface area contributed by atoms with Crippen LogP contribution in [0.25, 0.3) is 11.3 Å². The van der Waals surface area contributed by atoms with E-state index in [1.54, 1.807) is 17.5 Å². The molecule has 5 heteroatoms. The molecule has 2 aromatic heterocycles. The highest BCUT2D eigenvalue weighted by molar-refractivity contribution is 7.09. The Kier molecular flexibility index (Phi) is 5.21. The van der Waals surface area contributed by atoms with Crippen LogP contribution >= 0.6 is 11.3 Å². The fourth-order valence-corrected chi connectivity index (χ4v) is 2.89. The van der Waals surface area contributed by atoms with Crippen LogP contribution in [0.2, 0.25) is 0 Å². The predicted octanol–water partition coefficient (Wildman–Crippen LogP) is 4.04. The largest absolute Gasteiger partial charge is 0.441 e. The maximum Gasteiger partial charge on any atom is 0.220 e. The van der Waals surface area contributed by atoms with Gasteiger partial charge in [-0.2, -0.15) is 0 Å². The third kappa shape index (κ3) is 4.53. The summed E-state index contributed by atoms with van der Waals surface area (Å²) < 4.78 is 5.73. The molecule has 0 fully saturated rings. The van der Waals surface area contributed by atoms with Gasteiger partial charge in [-0.1, -0.05) is 36.4 Å². The maximum absolute atomic E-state index is 11.8. The lowest BCUT2D eigenvalue weighted by molar-refractivity contribution is -0.121. The first-order valence-corrected chi connectivity index (χ1v) is 8.48. The second-order valence-electron chi connectivity index (χ2n) is 5.19. The molecule has 0 bridgehead atoms. The number of hydrogen-bond donors (Lipinski definition) is 1. The number of benzene rings is 1. The zero-order chi connectivity index (χ0) is 15.9. The van der Waals surface area contributed by atoms with Crippen molar-refractivity contribution in [2.45, 2.75) is 25.8 Å². The second kappa shape index (κ2) is 7.74. The number of nitrogens with zero attached hydrogens (tertiary/aromatic N) is 1. The highest BCUT2D eigenvalue weighted by Gasteiger charge is 2.07. The number of aromatic nitrogens is 1. The molecule has 23 heavy (non-hydrogen) atoms. The first-order chi connectivity index (χ1) is 11.3. The number of hydrogen-bond acceptors (Lipinski definition) is 4. The van der Waals surface area contributed by atoms with Crippen molar-refractivity contribution in [1.82, 2.24) is 10.3 Å². The SMILES string of the molecule is O=C(CCCc1ncc(-c2ccccc2)o1)NCc1cccs1. The Morgan fingerprint density at radius 3 is 2.83 bits per heavy atom. The first kappa shape index (κ1) is 15.5. The van der Waals surface area contributed by atoms with Gasteiger partial charge in [-0.25, -0.2) is 4.98 Å². The minimum absolute atomic E-state index is 0.0632. The minimum Gasteiger partial charge on any atom is -0.441 e. The van der Waals surface area contributed by atoms with E-state index in [4.69, 9.17) is 4.42 Å². The van der Waals surface area contributed by atoms with Gasteiger partial charge in [-0.15, -0.1) is 11.3 Å². The van der Waals surface area contributed by atoms with Gasteiger partial charge in [0.15, 0.2) is 11.7 Å². The summed E-state index contributed by atoms with van der Waals surface area (Å²) in [7, 11) is 0. The summed E-state index contributed by atoms with van der Waals surface area (Å²) in [5.41, 5.74) is 1.01. The molecule has 0 aliphatic heterocycles. The van der Waals surface area contributed by atoms with Crippen molar-refractivity contribution in [1.29, 1.82) is 0 Å². The highest BCUT2D eigenvalue weighted by Crippen LogP contribution is 2.20. The van der Waals surface area contributed by atoms with Gasteiger partial charge in [0.2, 0.25) is 5.91 Å². The summed E-state index contributed by atoms with van der Waals surface area (Å²) in [6.07, 6.45) is 3.61. The van der Waals surface area contributed by atoms with Crippen molar-refractivity contribution in [2.24, 2.45) is 0 Å². The zero-order valence-electron chi connectivity index (χ0n) is 12.7. The molecule has 0 atom stereocenters. The van der Waals surface area contributed by atoms with Crippen LogP contribution in [0, 0.1) is 0 Å². The molecule has 4 nitrogen and oxygen atoms in total. The summed E-state index contributed by atoms with van der Waals surface area (Å²) in [5.74, 6) is 1.51. The van der Waals surface area contributed by atoms with E-state index in [0.29, 0.717) is 25.3 Å². The Hall–Kier alpha value is -2.40. The lowest BCUT2D eigenvalue weighted by Crippen LogP contribution is -2.21. The molecule has 1 amide bonds. The molecule has 0 spiro atoms. The third-order valence-corrected chi connectivity index (χ3v) is 4.32. The smallest absolute Gasteiger partial charge is 0.220 e. The van der Waals surface area contributed by atoms with Crippen LogP contribution in [0.3, 0.4) is 0 Å². The van der Waals surface area contributed by atoms with Crippen molar-refractivity contribution in [3.05, 3.63) is 64.8 Å². The van der Waals surface area contributed by atoms with Crippen LogP contribution < -0.4 is 5.32 Å². The molecular weight excluding hydrogens is 308 g/mol. The van der Waals surface area contributed by atoms with Crippen molar-refractivity contribution in [3.63, 3.8) is 0 Å². The van der Waals surface area contributed by atoms with Crippen molar-refractivity contribution in [3.8, 4) is 11.3 Å². The third-order valence-electron chi connectivity index (χ3n) is 3.45. The first-order valence-electron chi connectivity index (χ1n) is 7.60. The van der Waals surface area contributed by atoms with Crippen molar-refractivity contribution < 1.29 is 9.21 Å². The molecule has 0 radical (unpaired) electrons. The second-order valence-corrected chi connectivity index (χ2v) is 6.23. The monoisotopic (exact) mass is 326 g/mol. The normalized spacial score (nSPS) is 10.6. The van der Waals surface area contributed by atoms with E-state index < -0.39 is 0 Å². The Bertz CT molecular complexity index is 735. The maximum atomic E-state index is 11.8. The molecule has 0 saturated heterocycles. The van der Waals surface area contributed by atoms with Gasteiger partial charge in [0.05, 0.1) is 12.7 Å². The summed E-state index contributed by atoms with van der Waals surface area (Å²) in [4.78, 5) is 17.2. The number of thiophene rings is 1. The Labute approximate surface area is 139 Å². The van der Waals surface area contributed by atoms with Crippen LogP contribution in [-0.2, 0) is 17.8 Å². The molecule has 0 aliphatic carbocycles. The lowest BCUT2D eigenvalue weighted by Gasteiger charge is -2.02. The molecule has 3 aromatic rings. The van der Waals surface area contributed by atoms with E-state index in [1.807, 2.05) is 47.8 Å². The number of oxazole rings is 1. The van der Waals surface area contributed by atoms with Gasteiger partial charge in [0.25, 0.3) is 0 Å². The summed E-state index contributed by atoms with van der Waals surface area (Å²) in [6.45, 7) is 0.605. The van der Waals surface area contributed by atoms with Gasteiger partial charge in [-0.3, -0.25) is 4.79 Å². The quantitative estimate of drug-likeness (QED) is 0.713. The number of carbonyl (C=O) groups excluding carboxylic acids is 1. The van der Waals surface area contributed by atoms with Crippen LogP contribution in [0.1, 0.15) is 23.6 Å². The number of amides is 1. The van der Waals surface area contributed by atoms with Gasteiger partial charge in [-0.05, 0) is 17.9 Å². The average Bonchev–Trinajstić information content (AvgIpc) is 3.26. The fraction of sp³-hybridized carbons (Fsp3) is 0.222. The minimum atomic E-state index is 0.0632. The standard InChI is InChI=1S/C18H18N2O2S/c21-17(19-12-15-8-5-11-23-15)9-4-10-18-20-13-16(22-18)14-6-2-1-3-7-14/h1-3,5-8,11,13H,4,9-10,12H2,(H,19,21). The fourth-order valence-electron chi connectivity index (χ4n) is 2.25. The molecule has 0 saturated carbocycles. The molecule has 1 aromatic carbocycles. The van der Waals surface area contributed by atoms with E-state index in [-0.39, 0.29) is 5.91 Å². The van der Waals surface area contributed by atoms with Crippen LogP contribution in [0.4, 0.5) is 0 Å². The summed E-state index contributed by atoms with van der Waals surface area (Å²) in [5, 5.41) is 4.93. The van der Waals surface area contributed by atoms with Gasteiger partial charge < -0.3 is 9.73 Å². The van der Waals surface area contributed by atoms with Gasteiger partial charge in [0.1, 0.15) is 0 Å². The Morgan fingerprint density at radius 2 is 2.04 bits per heavy atom. The molecule has 0 unspecified atom stereocenters. The van der Waals surface area contributed by atoms with Gasteiger partial charge >= 0.3 is 0 Å². The van der Waals surface area contributed by atoms with Gasteiger partial charge in [0, 0.05) is 23.3 Å². The lowest BCUT2D eigenvalue weighted by atomic mass is 10.2. The molecule has 118 valence electrons. The van der Waals surface area contributed by atoms with Crippen molar-refractivity contribution in [2.75, 3.05) is 0 Å². The van der Waals surface area contributed by atoms with E-state index in [9.17, 15) is 4.79 Å². The predicted molar refractivity (Wildman–Crippen MR) is 91.0 cm³/mol. The van der Waals surface area contributed by atoms with E-state index in [1.165, 1.54) is 4.88 Å².